The zero-order chi connectivity index (χ0) is 9.00. The fraction of sp³-hybridized carbons (Fsp3) is 0. The molecule has 12 heavy (non-hydrogen) atoms. The van der Waals surface area contributed by atoms with Crippen LogP contribution >= 0.6 is 15.6 Å². The normalized spacial score (nSPS) is 9.83. The van der Waals surface area contributed by atoms with Crippen LogP contribution in [0.25, 0.3) is 0 Å². The predicted octanol–water partition coefficient (Wildman–Crippen LogP) is -4.77. The second kappa shape index (κ2) is 9.53. The van der Waals surface area contributed by atoms with Gasteiger partial charge in [0.2, 0.25) is 0 Å². The molecular weight excluding hydrogens is 289 g/mol. The van der Waals surface area contributed by atoms with Crippen LogP contribution in [0.15, 0.2) is 0 Å². The van der Waals surface area contributed by atoms with Crippen molar-refractivity contribution in [2.75, 3.05) is 0 Å². The molecule has 0 atom stereocenters. The van der Waals surface area contributed by atoms with E-state index in [2.05, 4.69) is 0 Å². The van der Waals surface area contributed by atoms with Gasteiger partial charge in [-0.25, -0.2) is 0 Å². The van der Waals surface area contributed by atoms with Gasteiger partial charge in [-0.15, -0.1) is 0 Å². The third-order valence-corrected chi connectivity index (χ3v) is 0. The van der Waals surface area contributed by atoms with E-state index >= 15 is 0 Å². The maximum atomic E-state index is 8.77. The SMILES string of the molecule is O=P([O-])(O)O.O=P([O-])([O-])[O-].[Ca+2].[Ni+2]. The molecular formula is H2CaNiO8P2. The van der Waals surface area contributed by atoms with Gasteiger partial charge < -0.3 is 33.9 Å². The Hall–Kier alpha value is 1.97. The first kappa shape index (κ1) is 23.6. The van der Waals surface area contributed by atoms with Crippen molar-refractivity contribution in [1.29, 1.82) is 0 Å². The molecule has 0 aromatic rings. The quantitative estimate of drug-likeness (QED) is 0.331. The molecule has 0 saturated carbocycles. The van der Waals surface area contributed by atoms with Crippen LogP contribution in [-0.2, 0) is 25.6 Å². The molecule has 2 N–H and O–H groups in total. The summed E-state index contributed by atoms with van der Waals surface area (Å²) in [6.45, 7) is 0. The molecule has 0 heterocycles. The van der Waals surface area contributed by atoms with Gasteiger partial charge in [0.1, 0.15) is 0 Å². The summed E-state index contributed by atoms with van der Waals surface area (Å²) < 4.78 is 17.3. The summed E-state index contributed by atoms with van der Waals surface area (Å²) in [5.41, 5.74) is 0. The molecule has 0 aliphatic rings. The zero-order valence-electron chi connectivity index (χ0n) is 5.26. The Bertz CT molecular complexity index is 129. The first-order valence-corrected chi connectivity index (χ1v) is 4.49. The van der Waals surface area contributed by atoms with Crippen LogP contribution in [-0.4, -0.2) is 47.5 Å². The fourth-order valence-corrected chi connectivity index (χ4v) is 0. The molecule has 12 heteroatoms. The Kier molecular flexibility index (Phi) is 18.8. The first-order chi connectivity index (χ1) is 4.00. The van der Waals surface area contributed by atoms with Crippen molar-refractivity contribution in [2.45, 2.75) is 0 Å². The summed E-state index contributed by atoms with van der Waals surface area (Å²) in [5, 5.41) is 0. The molecule has 0 aromatic heterocycles. The summed E-state index contributed by atoms with van der Waals surface area (Å²) in [7, 11) is -10.3. The minimum Gasteiger partial charge on any atom is -0.822 e. The molecule has 0 unspecified atom stereocenters. The smallest absolute Gasteiger partial charge is 0.822 e. The third-order valence-electron chi connectivity index (χ3n) is 0. The Morgan fingerprint density at radius 3 is 0.917 bits per heavy atom. The number of hydrogen-bond acceptors (Lipinski definition) is 6. The minimum atomic E-state index is -5.39. The number of phosphoric acid groups is 2. The van der Waals surface area contributed by atoms with Crippen LogP contribution < -0.4 is 19.6 Å². The topological polar surface area (TPSA) is 167 Å². The molecule has 0 aliphatic carbocycles. The molecule has 0 aliphatic heterocycles. The van der Waals surface area contributed by atoms with Gasteiger partial charge in [0.05, 0.1) is 0 Å². The summed E-state index contributed by atoms with van der Waals surface area (Å²) >= 11 is 0. The van der Waals surface area contributed by atoms with Gasteiger partial charge in [-0.05, 0) is 0 Å². The van der Waals surface area contributed by atoms with Gasteiger partial charge in [-0.3, -0.25) is 4.57 Å². The van der Waals surface area contributed by atoms with Gasteiger partial charge in [0.25, 0.3) is 7.82 Å². The van der Waals surface area contributed by atoms with Gasteiger partial charge in [0, 0.05) is 0 Å². The number of hydrogen-bond donors (Lipinski definition) is 2. The third kappa shape index (κ3) is 370. The summed E-state index contributed by atoms with van der Waals surface area (Å²) in [4.78, 5) is 48.6. The van der Waals surface area contributed by atoms with Crippen molar-refractivity contribution >= 4 is 53.4 Å². The largest absolute Gasteiger partial charge is 2.00 e. The molecule has 8 nitrogen and oxygen atoms in total. The molecule has 0 fully saturated rings. The molecule has 0 aromatic carbocycles. The summed E-state index contributed by atoms with van der Waals surface area (Å²) in [6, 6.07) is 0. The summed E-state index contributed by atoms with van der Waals surface area (Å²) in [5.74, 6) is 0. The van der Waals surface area contributed by atoms with Crippen LogP contribution in [0.2, 0.25) is 0 Å². The zero-order valence-corrected chi connectivity index (χ0v) is 10.2. The average molecular weight is 291 g/mol. The average Bonchev–Trinajstić information content (AvgIpc) is 1.12. The molecule has 0 radical (unpaired) electrons. The second-order valence-corrected chi connectivity index (χ2v) is 2.81. The van der Waals surface area contributed by atoms with E-state index in [1.54, 1.807) is 0 Å². The molecule has 0 amide bonds. The van der Waals surface area contributed by atoms with Gasteiger partial charge in [0.15, 0.2) is 0 Å². The molecule has 0 saturated heterocycles. The predicted molar refractivity (Wildman–Crippen MR) is 25.4 cm³/mol. The van der Waals surface area contributed by atoms with E-state index in [4.69, 9.17) is 38.5 Å². The molecule has 0 bridgehead atoms. The standard InChI is InChI=1S/Ca.Ni.2H3O4P/c;;2*1-5(2,3)4/h;;2*(H3,1,2,3,4)/q2*+2;;/p-4. The van der Waals surface area contributed by atoms with E-state index < -0.39 is 15.6 Å². The Morgan fingerprint density at radius 1 is 0.917 bits per heavy atom. The van der Waals surface area contributed by atoms with Crippen molar-refractivity contribution in [3.63, 3.8) is 0 Å². The summed E-state index contributed by atoms with van der Waals surface area (Å²) in [6.07, 6.45) is 0. The second-order valence-electron chi connectivity index (χ2n) is 0.938. The van der Waals surface area contributed by atoms with E-state index in [0.29, 0.717) is 0 Å². The minimum absolute atomic E-state index is 0. The van der Waals surface area contributed by atoms with Crippen LogP contribution in [0, 0.1) is 0 Å². The number of rotatable bonds is 0. The first-order valence-electron chi connectivity index (χ1n) is 1.50. The monoisotopic (exact) mass is 290 g/mol. The molecule has 0 spiro atoms. The van der Waals surface area contributed by atoms with E-state index in [-0.39, 0.29) is 54.2 Å². The van der Waals surface area contributed by atoms with Crippen molar-refractivity contribution in [3.8, 4) is 0 Å². The fourth-order valence-electron chi connectivity index (χ4n) is 0. The van der Waals surface area contributed by atoms with E-state index in [0.717, 1.165) is 0 Å². The van der Waals surface area contributed by atoms with Gasteiger partial charge in [-0.2, -0.15) is 7.82 Å². The Morgan fingerprint density at radius 2 is 0.917 bits per heavy atom. The van der Waals surface area contributed by atoms with E-state index in [9.17, 15) is 0 Å². The van der Waals surface area contributed by atoms with Crippen LogP contribution in [0.1, 0.15) is 0 Å². The van der Waals surface area contributed by atoms with Crippen LogP contribution in [0.5, 0.6) is 0 Å². The van der Waals surface area contributed by atoms with Gasteiger partial charge in [-0.1, -0.05) is 0 Å². The van der Waals surface area contributed by atoms with E-state index in [1.807, 2.05) is 0 Å². The maximum absolute atomic E-state index is 8.77. The van der Waals surface area contributed by atoms with Crippen molar-refractivity contribution < 1.29 is 55.0 Å². The van der Waals surface area contributed by atoms with Crippen molar-refractivity contribution in [3.05, 3.63) is 0 Å². The van der Waals surface area contributed by atoms with Crippen LogP contribution in [0.4, 0.5) is 0 Å². The maximum Gasteiger partial charge on any atom is 2.00 e. The van der Waals surface area contributed by atoms with E-state index in [1.165, 1.54) is 0 Å². The molecule has 72 valence electrons. The Labute approximate surface area is 107 Å². The Balaban J connectivity index is -0.0000000457. The molecule has 0 rings (SSSR count). The van der Waals surface area contributed by atoms with Crippen molar-refractivity contribution in [2.24, 2.45) is 0 Å². The van der Waals surface area contributed by atoms with Crippen molar-refractivity contribution in [1.82, 2.24) is 0 Å². The van der Waals surface area contributed by atoms with Gasteiger partial charge >= 0.3 is 54.2 Å². The van der Waals surface area contributed by atoms with Crippen LogP contribution in [0.3, 0.4) is 0 Å².